The van der Waals surface area contributed by atoms with E-state index in [0.29, 0.717) is 11.5 Å². The Kier molecular flexibility index (Phi) is 4.27. The number of rotatable bonds is 6. The number of nitrogen functional groups attached to an aromatic ring is 1. The Hall–Kier alpha value is -1.39. The first kappa shape index (κ1) is 11.7. The van der Waals surface area contributed by atoms with Gasteiger partial charge in [0.25, 0.3) is 0 Å². The van der Waals surface area contributed by atoms with Crippen LogP contribution in [0.3, 0.4) is 0 Å². The lowest BCUT2D eigenvalue weighted by Gasteiger charge is -2.02. The summed E-state index contributed by atoms with van der Waals surface area (Å²) in [6, 6.07) is 0. The monoisotopic (exact) mass is 210 g/mol. The summed E-state index contributed by atoms with van der Waals surface area (Å²) in [5.74, 6) is 0.388. The molecular formula is C10H18N4O. The van der Waals surface area contributed by atoms with Gasteiger partial charge in [0, 0.05) is 6.54 Å². The van der Waals surface area contributed by atoms with Gasteiger partial charge < -0.3 is 5.73 Å². The van der Waals surface area contributed by atoms with Crippen LogP contribution in [0.4, 0.5) is 11.5 Å². The van der Waals surface area contributed by atoms with Crippen molar-refractivity contribution in [2.24, 2.45) is 5.18 Å². The second-order valence-electron chi connectivity index (χ2n) is 3.69. The molecule has 1 heterocycles. The lowest BCUT2D eigenvalue weighted by molar-refractivity contribution is 0.544. The minimum Gasteiger partial charge on any atom is -0.382 e. The molecule has 0 bridgehead atoms. The number of anilines is 1. The van der Waals surface area contributed by atoms with Gasteiger partial charge in [0.05, 0.1) is 5.69 Å². The van der Waals surface area contributed by atoms with E-state index in [1.54, 1.807) is 11.6 Å². The van der Waals surface area contributed by atoms with Gasteiger partial charge in [-0.15, -0.1) is 4.91 Å². The third-order valence-corrected chi connectivity index (χ3v) is 2.45. The van der Waals surface area contributed by atoms with Crippen LogP contribution >= 0.6 is 0 Å². The van der Waals surface area contributed by atoms with Gasteiger partial charge in [-0.05, 0) is 18.5 Å². The largest absolute Gasteiger partial charge is 0.382 e. The average Bonchev–Trinajstić information content (AvgIpc) is 2.49. The van der Waals surface area contributed by atoms with Crippen LogP contribution in [-0.4, -0.2) is 9.78 Å². The summed E-state index contributed by atoms with van der Waals surface area (Å²) in [6.45, 7) is 4.68. The van der Waals surface area contributed by atoms with Crippen LogP contribution in [0.1, 0.15) is 38.3 Å². The number of hydrogen-bond acceptors (Lipinski definition) is 4. The van der Waals surface area contributed by atoms with Crippen LogP contribution < -0.4 is 5.73 Å². The summed E-state index contributed by atoms with van der Waals surface area (Å²) in [7, 11) is 0. The summed E-state index contributed by atoms with van der Waals surface area (Å²) < 4.78 is 1.67. The molecule has 0 aliphatic rings. The van der Waals surface area contributed by atoms with Gasteiger partial charge in [0.15, 0.2) is 11.5 Å². The average molecular weight is 210 g/mol. The maximum absolute atomic E-state index is 10.5. The Labute approximate surface area is 89.6 Å². The zero-order valence-corrected chi connectivity index (χ0v) is 9.36. The Morgan fingerprint density at radius 2 is 2.13 bits per heavy atom. The van der Waals surface area contributed by atoms with E-state index in [-0.39, 0.29) is 5.69 Å². The van der Waals surface area contributed by atoms with E-state index in [1.165, 1.54) is 19.3 Å². The molecule has 0 atom stereocenters. The number of unbranched alkanes of at least 4 members (excludes halogenated alkanes) is 3. The molecule has 5 nitrogen and oxygen atoms in total. The van der Waals surface area contributed by atoms with Crippen LogP contribution in [0, 0.1) is 11.8 Å². The van der Waals surface area contributed by atoms with Crippen molar-refractivity contribution in [2.45, 2.75) is 46.1 Å². The number of aryl methyl sites for hydroxylation is 2. The first-order valence-electron chi connectivity index (χ1n) is 5.37. The highest BCUT2D eigenvalue weighted by atomic mass is 16.3. The Balaban J connectivity index is 2.58. The van der Waals surface area contributed by atoms with Crippen LogP contribution in [0.5, 0.6) is 0 Å². The highest BCUT2D eigenvalue weighted by Crippen LogP contribution is 2.25. The van der Waals surface area contributed by atoms with Crippen LogP contribution in [0.15, 0.2) is 5.18 Å². The lowest BCUT2D eigenvalue weighted by atomic mass is 10.2. The Morgan fingerprint density at radius 3 is 2.67 bits per heavy atom. The van der Waals surface area contributed by atoms with Crippen molar-refractivity contribution in [3.8, 4) is 0 Å². The molecule has 0 radical (unpaired) electrons. The summed E-state index contributed by atoms with van der Waals surface area (Å²) in [5, 5.41) is 7.05. The molecule has 1 aromatic heterocycles. The Bertz CT molecular complexity index is 332. The molecular weight excluding hydrogens is 192 g/mol. The summed E-state index contributed by atoms with van der Waals surface area (Å²) in [6.07, 6.45) is 4.63. The maximum atomic E-state index is 10.5. The molecule has 2 N–H and O–H groups in total. The number of aromatic nitrogens is 2. The first-order valence-corrected chi connectivity index (χ1v) is 5.37. The van der Waals surface area contributed by atoms with E-state index >= 15 is 0 Å². The molecule has 15 heavy (non-hydrogen) atoms. The van der Waals surface area contributed by atoms with E-state index in [1.807, 2.05) is 0 Å². The van der Waals surface area contributed by atoms with Crippen molar-refractivity contribution in [1.82, 2.24) is 9.78 Å². The third-order valence-electron chi connectivity index (χ3n) is 2.45. The molecule has 0 spiro atoms. The minimum atomic E-state index is 0.283. The minimum absolute atomic E-state index is 0.283. The van der Waals surface area contributed by atoms with Gasteiger partial charge in [-0.2, -0.15) is 5.10 Å². The summed E-state index contributed by atoms with van der Waals surface area (Å²) >= 11 is 0. The zero-order chi connectivity index (χ0) is 11.3. The number of hydrogen-bond donors (Lipinski definition) is 1. The van der Waals surface area contributed by atoms with Crippen molar-refractivity contribution in [3.63, 3.8) is 0 Å². The van der Waals surface area contributed by atoms with E-state index < -0.39 is 0 Å². The highest BCUT2D eigenvalue weighted by Gasteiger charge is 2.12. The van der Waals surface area contributed by atoms with E-state index in [2.05, 4.69) is 17.2 Å². The van der Waals surface area contributed by atoms with Crippen molar-refractivity contribution in [1.29, 1.82) is 0 Å². The molecule has 0 amide bonds. The summed E-state index contributed by atoms with van der Waals surface area (Å²) in [4.78, 5) is 10.5. The third kappa shape index (κ3) is 2.78. The van der Waals surface area contributed by atoms with Crippen molar-refractivity contribution < 1.29 is 0 Å². The van der Waals surface area contributed by atoms with Crippen molar-refractivity contribution in [3.05, 3.63) is 10.6 Å². The molecule has 0 saturated carbocycles. The molecule has 1 rings (SSSR count). The molecule has 0 aromatic carbocycles. The highest BCUT2D eigenvalue weighted by molar-refractivity contribution is 5.60. The predicted molar refractivity (Wildman–Crippen MR) is 61.0 cm³/mol. The fourth-order valence-electron chi connectivity index (χ4n) is 1.56. The second-order valence-corrected chi connectivity index (χ2v) is 3.69. The zero-order valence-electron chi connectivity index (χ0n) is 9.36. The number of nitroso groups, excluding NO2 is 1. The van der Waals surface area contributed by atoms with E-state index in [9.17, 15) is 4.91 Å². The normalized spacial score (nSPS) is 10.5. The van der Waals surface area contributed by atoms with Crippen molar-refractivity contribution >= 4 is 11.5 Å². The fraction of sp³-hybridized carbons (Fsp3) is 0.700. The van der Waals surface area contributed by atoms with Gasteiger partial charge in [-0.1, -0.05) is 26.2 Å². The SMILES string of the molecule is CCCCCCn1nc(C)c(N=O)c1N. The summed E-state index contributed by atoms with van der Waals surface area (Å²) in [5.41, 5.74) is 6.63. The van der Waals surface area contributed by atoms with Gasteiger partial charge in [-0.3, -0.25) is 0 Å². The molecule has 84 valence electrons. The van der Waals surface area contributed by atoms with Gasteiger partial charge in [-0.25, -0.2) is 4.68 Å². The topological polar surface area (TPSA) is 73.3 Å². The molecule has 0 unspecified atom stereocenters. The van der Waals surface area contributed by atoms with Gasteiger partial charge in [0.2, 0.25) is 0 Å². The van der Waals surface area contributed by atoms with Crippen LogP contribution in [0.2, 0.25) is 0 Å². The maximum Gasteiger partial charge on any atom is 0.172 e. The van der Waals surface area contributed by atoms with E-state index in [4.69, 9.17) is 5.73 Å². The van der Waals surface area contributed by atoms with Crippen molar-refractivity contribution in [2.75, 3.05) is 5.73 Å². The molecule has 5 heteroatoms. The lowest BCUT2D eigenvalue weighted by Crippen LogP contribution is -2.04. The molecule has 0 saturated heterocycles. The molecule has 0 aliphatic heterocycles. The predicted octanol–water partition coefficient (Wildman–Crippen LogP) is 2.75. The second kappa shape index (κ2) is 5.48. The smallest absolute Gasteiger partial charge is 0.172 e. The van der Waals surface area contributed by atoms with E-state index in [0.717, 1.165) is 13.0 Å². The molecule has 1 aromatic rings. The van der Waals surface area contributed by atoms with Gasteiger partial charge in [0.1, 0.15) is 0 Å². The number of nitrogens with zero attached hydrogens (tertiary/aromatic N) is 3. The fourth-order valence-corrected chi connectivity index (χ4v) is 1.56. The Morgan fingerprint density at radius 1 is 1.40 bits per heavy atom. The molecule has 0 fully saturated rings. The number of nitrogens with two attached hydrogens (primary N) is 1. The standard InChI is InChI=1S/C10H18N4O/c1-3-4-5-6-7-14-10(11)9(13-15)8(2)12-14/h3-7,11H2,1-2H3. The quantitative estimate of drug-likeness (QED) is 0.579. The first-order chi connectivity index (χ1) is 7.20. The van der Waals surface area contributed by atoms with Crippen LogP contribution in [-0.2, 0) is 6.54 Å². The van der Waals surface area contributed by atoms with Crippen LogP contribution in [0.25, 0.3) is 0 Å². The van der Waals surface area contributed by atoms with Gasteiger partial charge >= 0.3 is 0 Å². The molecule has 0 aliphatic carbocycles.